The zero-order valence-electron chi connectivity index (χ0n) is 22.8. The van der Waals surface area contributed by atoms with E-state index in [1.165, 1.54) is 39.5 Å². The highest BCUT2D eigenvalue weighted by molar-refractivity contribution is 5.99. The Labute approximate surface area is 229 Å². The average Bonchev–Trinajstić information content (AvgIpc) is 2.92. The SMILES string of the molecule is CCCNc1cc(C(F)(F)F)ccc1C(=O)N(C)OC.CCCNc1cc(C(F)(F)F)ccc1C=CC(=O)OC. The summed E-state index contributed by atoms with van der Waals surface area (Å²) in [7, 11) is 3.93. The number of hydroxylamine groups is 2. The van der Waals surface area contributed by atoms with E-state index in [0.717, 1.165) is 48.2 Å². The summed E-state index contributed by atoms with van der Waals surface area (Å²) in [6.45, 7) is 4.80. The molecule has 222 valence electrons. The normalized spacial score (nSPS) is 11.5. The van der Waals surface area contributed by atoms with Crippen LogP contribution < -0.4 is 10.6 Å². The fourth-order valence-corrected chi connectivity index (χ4v) is 3.08. The fraction of sp³-hybridized carbons (Fsp3) is 0.407. The monoisotopic (exact) mass is 577 g/mol. The number of hydrogen-bond acceptors (Lipinski definition) is 6. The molecule has 2 rings (SSSR count). The molecule has 2 N–H and O–H groups in total. The Kier molecular flexibility index (Phi) is 13.5. The van der Waals surface area contributed by atoms with Gasteiger partial charge in [0.2, 0.25) is 0 Å². The summed E-state index contributed by atoms with van der Waals surface area (Å²) >= 11 is 0. The van der Waals surface area contributed by atoms with Gasteiger partial charge >= 0.3 is 18.3 Å². The third-order valence-corrected chi connectivity index (χ3v) is 5.25. The van der Waals surface area contributed by atoms with Gasteiger partial charge in [-0.15, -0.1) is 0 Å². The standard InChI is InChI=1S/C14H16F3NO2.C13H17F3N2O2/c1-3-8-18-12-9-11(14(15,16)17)6-4-10(12)5-7-13(19)20-2;1-4-7-17-11-8-9(13(14,15)16)5-6-10(11)12(19)18(2)20-3/h4-7,9,18H,3,8H2,1-2H3;5-6,8,17H,4,7H2,1-3H3. The van der Waals surface area contributed by atoms with E-state index in [0.29, 0.717) is 24.3 Å². The number of amides is 1. The molecule has 0 fully saturated rings. The van der Waals surface area contributed by atoms with Crippen molar-refractivity contribution in [3.05, 3.63) is 64.7 Å². The number of nitrogens with one attached hydrogen (secondary N) is 2. The van der Waals surface area contributed by atoms with E-state index in [4.69, 9.17) is 4.84 Å². The molecule has 0 unspecified atom stereocenters. The van der Waals surface area contributed by atoms with Gasteiger partial charge in [0, 0.05) is 37.6 Å². The van der Waals surface area contributed by atoms with Crippen molar-refractivity contribution in [3.8, 4) is 0 Å². The lowest BCUT2D eigenvalue weighted by Crippen LogP contribution is -2.26. The predicted molar refractivity (Wildman–Crippen MR) is 141 cm³/mol. The third kappa shape index (κ3) is 10.8. The Morgan fingerprint density at radius 2 is 1.35 bits per heavy atom. The lowest BCUT2D eigenvalue weighted by atomic mass is 10.1. The molecule has 0 saturated carbocycles. The molecule has 40 heavy (non-hydrogen) atoms. The number of halogens is 6. The van der Waals surface area contributed by atoms with Crippen LogP contribution in [0.2, 0.25) is 0 Å². The number of carbonyl (C=O) groups is 2. The summed E-state index contributed by atoms with van der Waals surface area (Å²) < 4.78 is 80.6. The second-order valence-electron chi connectivity index (χ2n) is 8.25. The highest BCUT2D eigenvalue weighted by Crippen LogP contribution is 2.33. The molecule has 1 amide bonds. The quantitative estimate of drug-likeness (QED) is 0.139. The molecule has 0 saturated heterocycles. The van der Waals surface area contributed by atoms with E-state index >= 15 is 0 Å². The first kappa shape index (κ1) is 34.3. The van der Waals surface area contributed by atoms with Crippen LogP contribution in [0.25, 0.3) is 6.08 Å². The van der Waals surface area contributed by atoms with Crippen molar-refractivity contribution in [3.63, 3.8) is 0 Å². The van der Waals surface area contributed by atoms with E-state index < -0.39 is 35.4 Å². The van der Waals surface area contributed by atoms with Crippen molar-refractivity contribution in [2.45, 2.75) is 39.0 Å². The van der Waals surface area contributed by atoms with Gasteiger partial charge in [-0.25, -0.2) is 9.86 Å². The summed E-state index contributed by atoms with van der Waals surface area (Å²) in [5.41, 5.74) is -0.413. The second kappa shape index (κ2) is 15.8. The van der Waals surface area contributed by atoms with Crippen molar-refractivity contribution in [2.75, 3.05) is 45.0 Å². The van der Waals surface area contributed by atoms with Gasteiger partial charge in [0.1, 0.15) is 0 Å². The maximum Gasteiger partial charge on any atom is 0.416 e. The second-order valence-corrected chi connectivity index (χ2v) is 8.25. The van der Waals surface area contributed by atoms with Crippen LogP contribution >= 0.6 is 0 Å². The molecular weight excluding hydrogens is 544 g/mol. The Morgan fingerprint density at radius 3 is 1.82 bits per heavy atom. The van der Waals surface area contributed by atoms with Gasteiger partial charge in [0.05, 0.1) is 30.9 Å². The molecule has 0 aliphatic heterocycles. The molecule has 2 aromatic rings. The molecule has 0 aliphatic rings. The van der Waals surface area contributed by atoms with Crippen LogP contribution in [0.1, 0.15) is 53.7 Å². The van der Waals surface area contributed by atoms with E-state index in [1.54, 1.807) is 0 Å². The maximum absolute atomic E-state index is 12.7. The van der Waals surface area contributed by atoms with Crippen LogP contribution in [0.4, 0.5) is 37.7 Å². The molecule has 0 aliphatic carbocycles. The number of methoxy groups -OCH3 is 1. The van der Waals surface area contributed by atoms with Crippen molar-refractivity contribution in [2.24, 2.45) is 0 Å². The highest BCUT2D eigenvalue weighted by atomic mass is 19.4. The zero-order chi connectivity index (χ0) is 30.5. The Morgan fingerprint density at radius 1 is 0.850 bits per heavy atom. The molecule has 7 nitrogen and oxygen atoms in total. The number of hydrogen-bond donors (Lipinski definition) is 2. The molecule has 0 spiro atoms. The number of benzene rings is 2. The minimum atomic E-state index is -4.45. The topological polar surface area (TPSA) is 79.9 Å². The molecule has 0 aromatic heterocycles. The summed E-state index contributed by atoms with van der Waals surface area (Å²) in [4.78, 5) is 27.8. The first-order chi connectivity index (χ1) is 18.7. The molecule has 0 radical (unpaired) electrons. The van der Waals surface area contributed by atoms with Crippen LogP contribution in [-0.4, -0.2) is 51.3 Å². The molecular formula is C27H33F6N3O4. The first-order valence-electron chi connectivity index (χ1n) is 12.2. The van der Waals surface area contributed by atoms with Gasteiger partial charge in [0.25, 0.3) is 5.91 Å². The summed E-state index contributed by atoms with van der Waals surface area (Å²) in [5, 5.41) is 6.70. The number of carbonyl (C=O) groups excluding carboxylic acids is 2. The predicted octanol–water partition coefficient (Wildman–Crippen LogP) is 6.87. The number of alkyl halides is 6. The van der Waals surface area contributed by atoms with Gasteiger partial charge in [-0.05, 0) is 54.8 Å². The van der Waals surface area contributed by atoms with E-state index in [-0.39, 0.29) is 11.3 Å². The number of rotatable bonds is 10. The van der Waals surface area contributed by atoms with Crippen LogP contribution in [0, 0.1) is 0 Å². The van der Waals surface area contributed by atoms with Gasteiger partial charge in [-0.1, -0.05) is 19.9 Å². The Hall–Kier alpha value is -3.74. The van der Waals surface area contributed by atoms with E-state index in [2.05, 4.69) is 15.4 Å². The van der Waals surface area contributed by atoms with Crippen LogP contribution in [-0.2, 0) is 26.7 Å². The number of esters is 1. The summed E-state index contributed by atoms with van der Waals surface area (Å²) in [6.07, 6.45) is -4.76. The fourth-order valence-electron chi connectivity index (χ4n) is 3.08. The van der Waals surface area contributed by atoms with Gasteiger partial charge in [-0.3, -0.25) is 9.63 Å². The van der Waals surface area contributed by atoms with Crippen LogP contribution in [0.15, 0.2) is 42.5 Å². The van der Waals surface area contributed by atoms with Gasteiger partial charge in [0.15, 0.2) is 0 Å². The summed E-state index contributed by atoms with van der Waals surface area (Å²) in [5.74, 6) is -1.08. The minimum Gasteiger partial charge on any atom is -0.466 e. The van der Waals surface area contributed by atoms with Crippen molar-refractivity contribution < 1.29 is 45.5 Å². The number of ether oxygens (including phenoxy) is 1. The largest absolute Gasteiger partial charge is 0.466 e. The van der Waals surface area contributed by atoms with Gasteiger partial charge in [-0.2, -0.15) is 26.3 Å². The molecule has 0 heterocycles. The van der Waals surface area contributed by atoms with Crippen molar-refractivity contribution in [1.29, 1.82) is 0 Å². The van der Waals surface area contributed by atoms with Crippen molar-refractivity contribution >= 4 is 29.3 Å². The zero-order valence-corrected chi connectivity index (χ0v) is 22.8. The first-order valence-corrected chi connectivity index (χ1v) is 12.2. The van der Waals surface area contributed by atoms with E-state index in [1.807, 2.05) is 13.8 Å². The van der Waals surface area contributed by atoms with Crippen molar-refractivity contribution in [1.82, 2.24) is 5.06 Å². The lowest BCUT2D eigenvalue weighted by molar-refractivity contribution is -0.138. The van der Waals surface area contributed by atoms with E-state index in [9.17, 15) is 35.9 Å². The minimum absolute atomic E-state index is 0.135. The smallest absolute Gasteiger partial charge is 0.416 e. The summed E-state index contributed by atoms with van der Waals surface area (Å²) in [6, 6.07) is 6.31. The number of nitrogens with zero attached hydrogens (tertiary/aromatic N) is 1. The maximum atomic E-state index is 12.7. The Bertz CT molecular complexity index is 1150. The Balaban J connectivity index is 0.000000400. The molecule has 2 aromatic carbocycles. The highest BCUT2D eigenvalue weighted by Gasteiger charge is 2.32. The lowest BCUT2D eigenvalue weighted by Gasteiger charge is -2.18. The van der Waals surface area contributed by atoms with Crippen LogP contribution in [0.5, 0.6) is 0 Å². The van der Waals surface area contributed by atoms with Gasteiger partial charge < -0.3 is 15.4 Å². The third-order valence-electron chi connectivity index (χ3n) is 5.25. The van der Waals surface area contributed by atoms with Crippen LogP contribution in [0.3, 0.4) is 0 Å². The molecule has 13 heteroatoms. The number of anilines is 2. The average molecular weight is 578 g/mol. The molecule has 0 atom stereocenters. The molecule has 0 bridgehead atoms.